The first-order valence-corrected chi connectivity index (χ1v) is 8.49. The summed E-state index contributed by atoms with van der Waals surface area (Å²) in [5, 5.41) is 9.48. The second-order valence-electron chi connectivity index (χ2n) is 5.85. The molecule has 0 fully saturated rings. The Balaban J connectivity index is 2.25. The van der Waals surface area contributed by atoms with Gasteiger partial charge in [-0.25, -0.2) is 0 Å². The molecule has 1 rings (SSSR count). The van der Waals surface area contributed by atoms with Crippen molar-refractivity contribution in [2.75, 3.05) is 26.2 Å². The molecular formula is C18H30N4O. The summed E-state index contributed by atoms with van der Waals surface area (Å²) in [6, 6.07) is 9.26. The summed E-state index contributed by atoms with van der Waals surface area (Å²) < 4.78 is 0. The van der Waals surface area contributed by atoms with Crippen LogP contribution >= 0.6 is 0 Å². The zero-order chi connectivity index (χ0) is 16.9. The van der Waals surface area contributed by atoms with Crippen LogP contribution in [0.3, 0.4) is 0 Å². The molecule has 0 saturated heterocycles. The van der Waals surface area contributed by atoms with E-state index < -0.39 is 0 Å². The molecule has 3 N–H and O–H groups in total. The van der Waals surface area contributed by atoms with Crippen molar-refractivity contribution in [1.82, 2.24) is 16.0 Å². The van der Waals surface area contributed by atoms with Gasteiger partial charge in [0.15, 0.2) is 5.96 Å². The van der Waals surface area contributed by atoms with Gasteiger partial charge in [0.05, 0.1) is 0 Å². The van der Waals surface area contributed by atoms with Crippen LogP contribution in [0, 0.1) is 5.92 Å². The second kappa shape index (κ2) is 11.5. The third-order valence-electron chi connectivity index (χ3n) is 3.28. The van der Waals surface area contributed by atoms with Crippen molar-refractivity contribution < 1.29 is 4.79 Å². The molecule has 1 aromatic rings. The van der Waals surface area contributed by atoms with Gasteiger partial charge in [0.25, 0.3) is 5.91 Å². The third kappa shape index (κ3) is 8.86. The van der Waals surface area contributed by atoms with Crippen LogP contribution in [0.15, 0.2) is 35.3 Å². The minimum Gasteiger partial charge on any atom is -0.357 e. The van der Waals surface area contributed by atoms with Crippen molar-refractivity contribution in [3.05, 3.63) is 35.9 Å². The molecule has 0 aliphatic heterocycles. The van der Waals surface area contributed by atoms with Gasteiger partial charge >= 0.3 is 0 Å². The number of rotatable bonds is 9. The fourth-order valence-electron chi connectivity index (χ4n) is 1.98. The van der Waals surface area contributed by atoms with Crippen molar-refractivity contribution in [1.29, 1.82) is 0 Å². The van der Waals surface area contributed by atoms with Gasteiger partial charge < -0.3 is 16.0 Å². The Morgan fingerprint density at radius 2 is 1.83 bits per heavy atom. The highest BCUT2D eigenvalue weighted by Gasteiger charge is 2.03. The Morgan fingerprint density at radius 1 is 1.09 bits per heavy atom. The largest absolute Gasteiger partial charge is 0.357 e. The van der Waals surface area contributed by atoms with Gasteiger partial charge in [0, 0.05) is 31.7 Å². The molecule has 0 spiro atoms. The summed E-state index contributed by atoms with van der Waals surface area (Å²) in [7, 11) is 0. The highest BCUT2D eigenvalue weighted by atomic mass is 16.1. The number of carbonyl (C=O) groups is 1. The van der Waals surface area contributed by atoms with Crippen molar-refractivity contribution in [3.8, 4) is 0 Å². The third-order valence-corrected chi connectivity index (χ3v) is 3.28. The van der Waals surface area contributed by atoms with Gasteiger partial charge in [-0.1, -0.05) is 32.0 Å². The van der Waals surface area contributed by atoms with E-state index in [1.54, 1.807) is 0 Å². The van der Waals surface area contributed by atoms with Crippen molar-refractivity contribution in [2.45, 2.75) is 33.6 Å². The maximum absolute atomic E-state index is 11.9. The van der Waals surface area contributed by atoms with Crippen LogP contribution < -0.4 is 16.0 Å². The summed E-state index contributed by atoms with van der Waals surface area (Å²) in [5.74, 6) is 1.50. The number of guanidine groups is 1. The zero-order valence-corrected chi connectivity index (χ0v) is 14.6. The van der Waals surface area contributed by atoms with E-state index in [2.05, 4.69) is 41.7 Å². The maximum atomic E-state index is 11.9. The molecule has 0 aromatic heterocycles. The summed E-state index contributed by atoms with van der Waals surface area (Å²) in [6.45, 7) is 9.56. The van der Waals surface area contributed by atoms with E-state index in [4.69, 9.17) is 0 Å². The summed E-state index contributed by atoms with van der Waals surface area (Å²) in [5.41, 5.74) is 0.694. The van der Waals surface area contributed by atoms with E-state index >= 15 is 0 Å². The second-order valence-corrected chi connectivity index (χ2v) is 5.85. The average molecular weight is 318 g/mol. The lowest BCUT2D eigenvalue weighted by molar-refractivity contribution is 0.0953. The topological polar surface area (TPSA) is 65.5 Å². The fourth-order valence-corrected chi connectivity index (χ4v) is 1.98. The van der Waals surface area contributed by atoms with E-state index in [1.165, 1.54) is 0 Å². The Bertz CT molecular complexity index is 471. The number of nitrogens with zero attached hydrogens (tertiary/aromatic N) is 1. The van der Waals surface area contributed by atoms with E-state index in [0.29, 0.717) is 24.6 Å². The molecule has 0 aliphatic carbocycles. The highest BCUT2D eigenvalue weighted by molar-refractivity contribution is 5.94. The number of benzene rings is 1. The molecule has 0 radical (unpaired) electrons. The fraction of sp³-hybridized carbons (Fsp3) is 0.556. The molecular weight excluding hydrogens is 288 g/mol. The molecule has 0 heterocycles. The predicted octanol–water partition coefficient (Wildman–Crippen LogP) is 2.41. The van der Waals surface area contributed by atoms with Crippen LogP contribution in [-0.2, 0) is 0 Å². The summed E-state index contributed by atoms with van der Waals surface area (Å²) in [4.78, 5) is 16.4. The molecule has 5 heteroatoms. The Kier molecular flexibility index (Phi) is 9.52. The molecule has 0 atom stereocenters. The highest BCUT2D eigenvalue weighted by Crippen LogP contribution is 1.98. The van der Waals surface area contributed by atoms with E-state index in [0.717, 1.165) is 31.9 Å². The number of aliphatic imine (C=N–C) groups is 1. The van der Waals surface area contributed by atoms with Crippen LogP contribution in [0.2, 0.25) is 0 Å². The van der Waals surface area contributed by atoms with E-state index in [1.807, 2.05) is 30.3 Å². The van der Waals surface area contributed by atoms with Gasteiger partial charge in [-0.05, 0) is 37.8 Å². The van der Waals surface area contributed by atoms with Gasteiger partial charge in [-0.2, -0.15) is 0 Å². The molecule has 1 amide bonds. The smallest absolute Gasteiger partial charge is 0.251 e. The van der Waals surface area contributed by atoms with Crippen LogP contribution in [0.1, 0.15) is 44.0 Å². The van der Waals surface area contributed by atoms with E-state index in [9.17, 15) is 4.79 Å². The molecule has 0 aliphatic rings. The standard InChI is InChI=1S/C18H30N4O/c1-4-19-18(22-14-11-15(2)3)21-13-8-12-20-17(23)16-9-6-5-7-10-16/h5-7,9-10,15H,4,8,11-14H2,1-3H3,(H,20,23)(H2,19,21,22). The first-order chi connectivity index (χ1) is 11.1. The quantitative estimate of drug-likeness (QED) is 0.372. The summed E-state index contributed by atoms with van der Waals surface area (Å²) >= 11 is 0. The SMILES string of the molecule is CCNC(=NCCCNC(=O)c1ccccc1)NCCC(C)C. The lowest BCUT2D eigenvalue weighted by atomic mass is 10.1. The number of hydrogen-bond donors (Lipinski definition) is 3. The molecule has 0 unspecified atom stereocenters. The Morgan fingerprint density at radius 3 is 2.48 bits per heavy atom. The molecule has 23 heavy (non-hydrogen) atoms. The lowest BCUT2D eigenvalue weighted by Gasteiger charge is -2.12. The lowest BCUT2D eigenvalue weighted by Crippen LogP contribution is -2.38. The Hall–Kier alpha value is -2.04. The van der Waals surface area contributed by atoms with E-state index in [-0.39, 0.29) is 5.91 Å². The minimum absolute atomic E-state index is 0.0310. The zero-order valence-electron chi connectivity index (χ0n) is 14.6. The summed E-state index contributed by atoms with van der Waals surface area (Å²) in [6.07, 6.45) is 1.94. The van der Waals surface area contributed by atoms with Gasteiger partial charge in [-0.3, -0.25) is 9.79 Å². The molecule has 0 saturated carbocycles. The number of carbonyl (C=O) groups excluding carboxylic acids is 1. The van der Waals surface area contributed by atoms with Crippen LogP contribution in [0.5, 0.6) is 0 Å². The first kappa shape index (κ1) is 19.0. The van der Waals surface area contributed by atoms with Gasteiger partial charge in [-0.15, -0.1) is 0 Å². The van der Waals surface area contributed by atoms with Crippen LogP contribution in [0.4, 0.5) is 0 Å². The van der Waals surface area contributed by atoms with Gasteiger partial charge in [0.1, 0.15) is 0 Å². The Labute approximate surface area is 140 Å². The van der Waals surface area contributed by atoms with Crippen LogP contribution in [-0.4, -0.2) is 38.0 Å². The van der Waals surface area contributed by atoms with Crippen molar-refractivity contribution in [3.63, 3.8) is 0 Å². The molecule has 1 aromatic carbocycles. The van der Waals surface area contributed by atoms with Crippen molar-refractivity contribution in [2.24, 2.45) is 10.9 Å². The molecule has 0 bridgehead atoms. The number of hydrogen-bond acceptors (Lipinski definition) is 2. The predicted molar refractivity (Wildman–Crippen MR) is 96.8 cm³/mol. The number of nitrogens with one attached hydrogen (secondary N) is 3. The normalized spacial score (nSPS) is 11.4. The van der Waals surface area contributed by atoms with Gasteiger partial charge in [0.2, 0.25) is 0 Å². The minimum atomic E-state index is -0.0310. The van der Waals surface area contributed by atoms with Crippen molar-refractivity contribution >= 4 is 11.9 Å². The average Bonchev–Trinajstić information content (AvgIpc) is 2.54. The number of amides is 1. The molecule has 128 valence electrons. The van der Waals surface area contributed by atoms with Crippen LogP contribution in [0.25, 0.3) is 0 Å². The monoisotopic (exact) mass is 318 g/mol. The molecule has 5 nitrogen and oxygen atoms in total. The maximum Gasteiger partial charge on any atom is 0.251 e. The first-order valence-electron chi connectivity index (χ1n) is 8.49.